The SMILES string of the molecule is CN(CC(=O)N(Cc1ccc(Cl)cc1Cl)[C@@H](Cc1ccccc1)C(=O)NC(C)(C)C)S(=O)(=O)c1ccc2ccccc2c1. The second-order valence-corrected chi connectivity index (χ2v) is 14.4. The van der Waals surface area contributed by atoms with Crippen LogP contribution in [0.4, 0.5) is 0 Å². The minimum absolute atomic E-state index is 0.0340. The summed E-state index contributed by atoms with van der Waals surface area (Å²) in [6.07, 6.45) is 0.209. The second kappa shape index (κ2) is 13.5. The van der Waals surface area contributed by atoms with Crippen LogP contribution in [0.1, 0.15) is 31.9 Å². The molecule has 4 rings (SSSR count). The van der Waals surface area contributed by atoms with Crippen molar-refractivity contribution in [3.8, 4) is 0 Å². The summed E-state index contributed by atoms with van der Waals surface area (Å²) in [4.78, 5) is 29.3. The van der Waals surface area contributed by atoms with Gasteiger partial charge in [-0.3, -0.25) is 9.59 Å². The number of benzene rings is 4. The predicted octanol–water partition coefficient (Wildman–Crippen LogP) is 6.32. The molecule has 0 spiro atoms. The number of carbonyl (C=O) groups is 2. The quantitative estimate of drug-likeness (QED) is 0.220. The van der Waals surface area contributed by atoms with E-state index in [4.69, 9.17) is 23.2 Å². The maximum Gasteiger partial charge on any atom is 0.243 e. The number of nitrogens with one attached hydrogen (secondary N) is 1. The Kier molecular flexibility index (Phi) is 10.2. The minimum atomic E-state index is -4.04. The standard InChI is InChI=1S/C33H35Cl2N3O4S/c1-33(2,3)36-32(40)30(18-23-10-6-5-7-11-23)38(21-26-14-16-27(34)20-29(26)35)31(39)22-37(4)43(41,42)28-17-15-24-12-8-9-13-25(24)19-28/h5-17,19-20,30H,18,21-22H2,1-4H3,(H,36,40)/t30-/m0/s1. The van der Waals surface area contributed by atoms with Crippen molar-refractivity contribution in [3.05, 3.63) is 112 Å². The molecule has 0 unspecified atom stereocenters. The fourth-order valence-electron chi connectivity index (χ4n) is 4.71. The maximum absolute atomic E-state index is 14.1. The fourth-order valence-corrected chi connectivity index (χ4v) is 6.34. The lowest BCUT2D eigenvalue weighted by Gasteiger charge is -2.34. The van der Waals surface area contributed by atoms with Crippen LogP contribution in [0, 0.1) is 0 Å². The van der Waals surface area contributed by atoms with Gasteiger partial charge < -0.3 is 10.2 Å². The number of hydrogen-bond acceptors (Lipinski definition) is 4. The molecular formula is C33H35Cl2N3O4S. The van der Waals surface area contributed by atoms with Crippen LogP contribution in [0.2, 0.25) is 10.0 Å². The van der Waals surface area contributed by atoms with Gasteiger partial charge >= 0.3 is 0 Å². The third-order valence-corrected chi connectivity index (χ3v) is 9.30. The summed E-state index contributed by atoms with van der Waals surface area (Å²) in [5.74, 6) is -0.919. The van der Waals surface area contributed by atoms with E-state index in [1.54, 1.807) is 30.3 Å². The molecular weight excluding hydrogens is 605 g/mol. The van der Waals surface area contributed by atoms with E-state index < -0.39 is 34.1 Å². The zero-order valence-corrected chi connectivity index (χ0v) is 26.9. The van der Waals surface area contributed by atoms with E-state index in [9.17, 15) is 18.0 Å². The molecule has 10 heteroatoms. The molecule has 0 aliphatic heterocycles. The summed E-state index contributed by atoms with van der Waals surface area (Å²) in [7, 11) is -2.68. The molecule has 0 bridgehead atoms. The van der Waals surface area contributed by atoms with Crippen molar-refractivity contribution in [1.29, 1.82) is 0 Å². The highest BCUT2D eigenvalue weighted by Gasteiger charge is 2.34. The number of carbonyl (C=O) groups excluding carboxylic acids is 2. The Hall–Kier alpha value is -3.43. The van der Waals surface area contributed by atoms with Crippen LogP contribution in [-0.4, -0.2) is 54.6 Å². The molecule has 4 aromatic carbocycles. The van der Waals surface area contributed by atoms with E-state index in [-0.39, 0.29) is 23.8 Å². The maximum atomic E-state index is 14.1. The van der Waals surface area contributed by atoms with E-state index in [1.807, 2.05) is 75.4 Å². The van der Waals surface area contributed by atoms with Crippen LogP contribution in [0.5, 0.6) is 0 Å². The highest BCUT2D eigenvalue weighted by molar-refractivity contribution is 7.89. The van der Waals surface area contributed by atoms with Crippen molar-refractivity contribution >= 4 is 55.8 Å². The molecule has 0 heterocycles. The Bertz CT molecular complexity index is 1720. The molecule has 0 fully saturated rings. The number of amides is 2. The van der Waals surface area contributed by atoms with Gasteiger partial charge in [-0.2, -0.15) is 4.31 Å². The van der Waals surface area contributed by atoms with Crippen molar-refractivity contribution in [2.24, 2.45) is 0 Å². The molecule has 0 saturated heterocycles. The van der Waals surface area contributed by atoms with Gasteiger partial charge in [0.05, 0.1) is 11.4 Å². The van der Waals surface area contributed by atoms with Gasteiger partial charge in [0.1, 0.15) is 6.04 Å². The smallest absolute Gasteiger partial charge is 0.243 e. The van der Waals surface area contributed by atoms with Gasteiger partial charge in [-0.1, -0.05) is 89.9 Å². The number of hydrogen-bond donors (Lipinski definition) is 1. The second-order valence-electron chi connectivity index (χ2n) is 11.5. The number of rotatable bonds is 10. The molecule has 0 saturated carbocycles. The highest BCUT2D eigenvalue weighted by Crippen LogP contribution is 2.26. The van der Waals surface area contributed by atoms with Crippen LogP contribution in [0.3, 0.4) is 0 Å². The lowest BCUT2D eigenvalue weighted by Crippen LogP contribution is -2.56. The summed E-state index contributed by atoms with van der Waals surface area (Å²) >= 11 is 12.6. The van der Waals surface area contributed by atoms with E-state index in [2.05, 4.69) is 5.32 Å². The van der Waals surface area contributed by atoms with Crippen molar-refractivity contribution in [2.75, 3.05) is 13.6 Å². The largest absolute Gasteiger partial charge is 0.350 e. The van der Waals surface area contributed by atoms with Gasteiger partial charge in [0, 0.05) is 35.6 Å². The number of nitrogens with zero attached hydrogens (tertiary/aromatic N) is 2. The van der Waals surface area contributed by atoms with Gasteiger partial charge in [-0.25, -0.2) is 8.42 Å². The van der Waals surface area contributed by atoms with Crippen molar-refractivity contribution in [3.63, 3.8) is 0 Å². The zero-order chi connectivity index (χ0) is 31.4. The molecule has 0 radical (unpaired) electrons. The van der Waals surface area contributed by atoms with Crippen LogP contribution >= 0.6 is 23.2 Å². The Morgan fingerprint density at radius 3 is 2.16 bits per heavy atom. The van der Waals surface area contributed by atoms with Gasteiger partial charge in [0.15, 0.2) is 0 Å². The lowest BCUT2D eigenvalue weighted by molar-refractivity contribution is -0.141. The molecule has 1 N–H and O–H groups in total. The first kappa shape index (κ1) is 32.5. The summed E-state index contributed by atoms with van der Waals surface area (Å²) in [5.41, 5.74) is 0.837. The molecule has 43 heavy (non-hydrogen) atoms. The predicted molar refractivity (Wildman–Crippen MR) is 173 cm³/mol. The summed E-state index contributed by atoms with van der Waals surface area (Å²) < 4.78 is 28.2. The Morgan fingerprint density at radius 2 is 1.51 bits per heavy atom. The first-order valence-electron chi connectivity index (χ1n) is 13.8. The van der Waals surface area contributed by atoms with Crippen molar-refractivity contribution < 1.29 is 18.0 Å². The van der Waals surface area contributed by atoms with Crippen LogP contribution in [-0.2, 0) is 32.6 Å². The van der Waals surface area contributed by atoms with Gasteiger partial charge in [-0.15, -0.1) is 0 Å². The first-order valence-corrected chi connectivity index (χ1v) is 16.0. The molecule has 0 aliphatic carbocycles. The Morgan fingerprint density at radius 1 is 0.860 bits per heavy atom. The Balaban J connectivity index is 1.71. The summed E-state index contributed by atoms with van der Waals surface area (Å²) in [6, 6.07) is 25.6. The molecule has 0 aromatic heterocycles. The van der Waals surface area contributed by atoms with Crippen molar-refractivity contribution in [1.82, 2.24) is 14.5 Å². The zero-order valence-electron chi connectivity index (χ0n) is 24.6. The van der Waals surface area contributed by atoms with Crippen LogP contribution in [0.25, 0.3) is 10.8 Å². The third kappa shape index (κ3) is 8.36. The van der Waals surface area contributed by atoms with Gasteiger partial charge in [-0.05, 0) is 66.9 Å². The number of sulfonamides is 1. The molecule has 226 valence electrons. The van der Waals surface area contributed by atoms with Crippen LogP contribution < -0.4 is 5.32 Å². The van der Waals surface area contributed by atoms with E-state index in [0.717, 1.165) is 20.6 Å². The highest BCUT2D eigenvalue weighted by atomic mass is 35.5. The monoisotopic (exact) mass is 639 g/mol. The first-order chi connectivity index (χ1) is 20.2. The molecule has 4 aromatic rings. The fraction of sp³-hybridized carbons (Fsp3) is 0.273. The molecule has 1 atom stereocenters. The number of likely N-dealkylation sites (N-methyl/N-ethyl adjacent to an activating group) is 1. The van der Waals surface area contributed by atoms with Crippen LogP contribution in [0.15, 0.2) is 95.9 Å². The lowest BCUT2D eigenvalue weighted by atomic mass is 10.0. The normalized spacial score (nSPS) is 12.7. The number of fused-ring (bicyclic) bond motifs is 1. The average molecular weight is 641 g/mol. The minimum Gasteiger partial charge on any atom is -0.350 e. The summed E-state index contributed by atoms with van der Waals surface area (Å²) in [5, 5.41) is 5.42. The molecule has 2 amide bonds. The summed E-state index contributed by atoms with van der Waals surface area (Å²) in [6.45, 7) is 5.05. The van der Waals surface area contributed by atoms with E-state index in [1.165, 1.54) is 18.0 Å². The molecule has 7 nitrogen and oxygen atoms in total. The van der Waals surface area contributed by atoms with Gasteiger partial charge in [0.25, 0.3) is 0 Å². The number of halogens is 2. The van der Waals surface area contributed by atoms with Crippen molar-refractivity contribution in [2.45, 2.75) is 50.2 Å². The molecule has 0 aliphatic rings. The van der Waals surface area contributed by atoms with E-state index >= 15 is 0 Å². The third-order valence-electron chi connectivity index (χ3n) is 6.91. The Labute approximate surface area is 263 Å². The van der Waals surface area contributed by atoms with Gasteiger partial charge in [0.2, 0.25) is 21.8 Å². The average Bonchev–Trinajstić information content (AvgIpc) is 2.95. The van der Waals surface area contributed by atoms with E-state index in [0.29, 0.717) is 15.6 Å². The topological polar surface area (TPSA) is 86.8 Å².